The van der Waals surface area contributed by atoms with Gasteiger partial charge in [-0.15, -0.1) is 11.3 Å². The number of benzene rings is 2. The number of fused-ring (bicyclic) bond motifs is 1. The van der Waals surface area contributed by atoms with E-state index in [0.29, 0.717) is 21.2 Å². The van der Waals surface area contributed by atoms with Gasteiger partial charge in [0.15, 0.2) is 0 Å². The average Bonchev–Trinajstić information content (AvgIpc) is 2.90. The standard InChI is InChI=1S/C17H13ClFNO2S/c1-22-15-13-6-5-11(18)8-14(13)23-16(15)17(21)20-9-10-3-2-4-12(19)7-10/h2-8H,9H2,1H3,(H,20,21). The Morgan fingerprint density at radius 2 is 2.13 bits per heavy atom. The highest BCUT2D eigenvalue weighted by molar-refractivity contribution is 7.21. The second-order valence-corrected chi connectivity index (χ2v) is 6.41. The van der Waals surface area contributed by atoms with E-state index in [9.17, 15) is 9.18 Å². The van der Waals surface area contributed by atoms with E-state index in [-0.39, 0.29) is 18.3 Å². The van der Waals surface area contributed by atoms with Crippen LogP contribution in [0, 0.1) is 5.82 Å². The summed E-state index contributed by atoms with van der Waals surface area (Å²) in [5, 5.41) is 4.23. The first-order chi connectivity index (χ1) is 11.1. The van der Waals surface area contributed by atoms with Gasteiger partial charge in [0.05, 0.1) is 7.11 Å². The van der Waals surface area contributed by atoms with E-state index in [1.54, 1.807) is 24.3 Å². The van der Waals surface area contributed by atoms with Gasteiger partial charge in [0.2, 0.25) is 0 Å². The quantitative estimate of drug-likeness (QED) is 0.745. The molecule has 0 fully saturated rings. The second-order valence-electron chi connectivity index (χ2n) is 4.92. The van der Waals surface area contributed by atoms with Crippen molar-refractivity contribution in [2.75, 3.05) is 7.11 Å². The Balaban J connectivity index is 1.85. The van der Waals surface area contributed by atoms with Gasteiger partial charge in [0.1, 0.15) is 16.4 Å². The van der Waals surface area contributed by atoms with Crippen LogP contribution in [0.4, 0.5) is 4.39 Å². The van der Waals surface area contributed by atoms with Gasteiger partial charge in [-0.3, -0.25) is 4.79 Å². The number of halogens is 2. The highest BCUT2D eigenvalue weighted by Crippen LogP contribution is 2.38. The molecule has 1 amide bonds. The summed E-state index contributed by atoms with van der Waals surface area (Å²) in [6.45, 7) is 0.245. The monoisotopic (exact) mass is 349 g/mol. The zero-order valence-electron chi connectivity index (χ0n) is 12.2. The van der Waals surface area contributed by atoms with Gasteiger partial charge in [-0.2, -0.15) is 0 Å². The summed E-state index contributed by atoms with van der Waals surface area (Å²) < 4.78 is 19.4. The van der Waals surface area contributed by atoms with Gasteiger partial charge >= 0.3 is 0 Å². The van der Waals surface area contributed by atoms with Gasteiger partial charge in [-0.1, -0.05) is 23.7 Å². The number of rotatable bonds is 4. The number of hydrogen-bond donors (Lipinski definition) is 1. The summed E-state index contributed by atoms with van der Waals surface area (Å²) in [6.07, 6.45) is 0. The molecule has 2 aromatic carbocycles. The largest absolute Gasteiger partial charge is 0.494 e. The van der Waals surface area contributed by atoms with Crippen LogP contribution < -0.4 is 10.1 Å². The van der Waals surface area contributed by atoms with Crippen molar-refractivity contribution in [2.24, 2.45) is 0 Å². The molecular weight excluding hydrogens is 337 g/mol. The van der Waals surface area contributed by atoms with Gasteiger partial charge in [-0.25, -0.2) is 4.39 Å². The van der Waals surface area contributed by atoms with Crippen LogP contribution in [0.15, 0.2) is 42.5 Å². The third kappa shape index (κ3) is 3.30. The van der Waals surface area contributed by atoms with Crippen LogP contribution in [-0.2, 0) is 6.54 Å². The lowest BCUT2D eigenvalue weighted by Crippen LogP contribution is -2.22. The minimum absolute atomic E-state index is 0.245. The van der Waals surface area contributed by atoms with Crippen LogP contribution in [0.2, 0.25) is 5.02 Å². The molecule has 1 N–H and O–H groups in total. The van der Waals surface area contributed by atoms with Crippen molar-refractivity contribution in [3.63, 3.8) is 0 Å². The highest BCUT2D eigenvalue weighted by Gasteiger charge is 2.19. The van der Waals surface area contributed by atoms with Crippen molar-refractivity contribution in [1.29, 1.82) is 0 Å². The Labute approximate surface area is 141 Å². The van der Waals surface area contributed by atoms with Crippen molar-refractivity contribution < 1.29 is 13.9 Å². The van der Waals surface area contributed by atoms with Gasteiger partial charge in [0, 0.05) is 21.7 Å². The fraction of sp³-hybridized carbons (Fsp3) is 0.118. The lowest BCUT2D eigenvalue weighted by molar-refractivity contribution is 0.0952. The first kappa shape index (κ1) is 15.8. The third-order valence-corrected chi connectivity index (χ3v) is 4.73. The van der Waals surface area contributed by atoms with E-state index in [4.69, 9.17) is 16.3 Å². The second kappa shape index (κ2) is 6.56. The lowest BCUT2D eigenvalue weighted by Gasteiger charge is -2.06. The van der Waals surface area contributed by atoms with Crippen molar-refractivity contribution in [3.8, 4) is 5.75 Å². The molecule has 6 heteroatoms. The van der Waals surface area contributed by atoms with Gasteiger partial charge < -0.3 is 10.1 Å². The molecule has 0 saturated carbocycles. The molecule has 3 aromatic rings. The van der Waals surface area contributed by atoms with Gasteiger partial charge in [0.25, 0.3) is 5.91 Å². The number of hydrogen-bond acceptors (Lipinski definition) is 3. The Morgan fingerprint density at radius 1 is 1.30 bits per heavy atom. The fourth-order valence-corrected chi connectivity index (χ4v) is 3.67. The van der Waals surface area contributed by atoms with Crippen LogP contribution in [0.1, 0.15) is 15.2 Å². The Morgan fingerprint density at radius 3 is 2.87 bits per heavy atom. The molecule has 1 aromatic heterocycles. The molecule has 0 radical (unpaired) electrons. The molecule has 0 atom stereocenters. The Kier molecular flexibility index (Phi) is 4.50. The lowest BCUT2D eigenvalue weighted by atomic mass is 10.2. The molecule has 0 bridgehead atoms. The number of amides is 1. The third-order valence-electron chi connectivity index (χ3n) is 3.36. The molecule has 23 heavy (non-hydrogen) atoms. The molecule has 1 heterocycles. The zero-order chi connectivity index (χ0) is 16.4. The van der Waals surface area contributed by atoms with E-state index < -0.39 is 0 Å². The number of carbonyl (C=O) groups excluding carboxylic acids is 1. The summed E-state index contributed by atoms with van der Waals surface area (Å²) >= 11 is 7.30. The van der Waals surface area contributed by atoms with Gasteiger partial charge in [-0.05, 0) is 35.9 Å². The average molecular weight is 350 g/mol. The topological polar surface area (TPSA) is 38.3 Å². The normalized spacial score (nSPS) is 10.7. The molecular formula is C17H13ClFNO2S. The molecule has 0 aliphatic rings. The predicted molar refractivity (Wildman–Crippen MR) is 91.0 cm³/mol. The molecule has 0 unspecified atom stereocenters. The van der Waals surface area contributed by atoms with E-state index in [2.05, 4.69) is 5.32 Å². The van der Waals surface area contributed by atoms with E-state index in [1.807, 2.05) is 6.07 Å². The molecule has 3 nitrogen and oxygen atoms in total. The maximum absolute atomic E-state index is 13.2. The van der Waals surface area contributed by atoms with Crippen molar-refractivity contribution in [1.82, 2.24) is 5.32 Å². The van der Waals surface area contributed by atoms with Crippen molar-refractivity contribution in [2.45, 2.75) is 6.54 Å². The minimum atomic E-state index is -0.328. The number of carbonyl (C=O) groups is 1. The summed E-state index contributed by atoms with van der Waals surface area (Å²) in [4.78, 5) is 12.9. The molecule has 0 aliphatic heterocycles. The van der Waals surface area contributed by atoms with Crippen LogP contribution in [0.3, 0.4) is 0 Å². The molecule has 118 valence electrons. The predicted octanol–water partition coefficient (Wildman–Crippen LogP) is 4.63. The maximum atomic E-state index is 13.2. The van der Waals surface area contributed by atoms with Crippen LogP contribution in [-0.4, -0.2) is 13.0 Å². The van der Waals surface area contributed by atoms with E-state index >= 15 is 0 Å². The molecule has 0 spiro atoms. The summed E-state index contributed by atoms with van der Waals surface area (Å²) in [5.41, 5.74) is 0.696. The first-order valence-electron chi connectivity index (χ1n) is 6.87. The maximum Gasteiger partial charge on any atom is 0.265 e. The molecule has 0 aliphatic carbocycles. The minimum Gasteiger partial charge on any atom is -0.494 e. The Hall–Kier alpha value is -2.11. The van der Waals surface area contributed by atoms with Crippen molar-refractivity contribution >= 4 is 38.9 Å². The summed E-state index contributed by atoms with van der Waals surface area (Å²) in [5.74, 6) is -0.0623. The fourth-order valence-electron chi connectivity index (χ4n) is 2.31. The summed E-state index contributed by atoms with van der Waals surface area (Å²) in [7, 11) is 1.53. The SMILES string of the molecule is COc1c(C(=O)NCc2cccc(F)c2)sc2cc(Cl)ccc12. The number of thiophene rings is 1. The number of methoxy groups -OCH3 is 1. The highest BCUT2D eigenvalue weighted by atomic mass is 35.5. The van der Waals surface area contributed by atoms with Crippen LogP contribution >= 0.6 is 22.9 Å². The zero-order valence-corrected chi connectivity index (χ0v) is 13.8. The summed E-state index contributed by atoms with van der Waals surface area (Å²) in [6, 6.07) is 11.5. The van der Waals surface area contributed by atoms with Crippen LogP contribution in [0.25, 0.3) is 10.1 Å². The number of nitrogens with one attached hydrogen (secondary N) is 1. The van der Waals surface area contributed by atoms with Crippen molar-refractivity contribution in [3.05, 3.63) is 63.7 Å². The molecule has 3 rings (SSSR count). The van der Waals surface area contributed by atoms with Crippen LogP contribution in [0.5, 0.6) is 5.75 Å². The smallest absolute Gasteiger partial charge is 0.265 e. The first-order valence-corrected chi connectivity index (χ1v) is 8.06. The number of ether oxygens (including phenoxy) is 1. The van der Waals surface area contributed by atoms with E-state index in [0.717, 1.165) is 10.1 Å². The van der Waals surface area contributed by atoms with E-state index in [1.165, 1.54) is 30.6 Å². The Bertz CT molecular complexity index is 878. The molecule has 0 saturated heterocycles.